The van der Waals surface area contributed by atoms with E-state index in [2.05, 4.69) is 10.6 Å². The second kappa shape index (κ2) is 9.64. The summed E-state index contributed by atoms with van der Waals surface area (Å²) in [5.74, 6) is 0.351. The van der Waals surface area contributed by atoms with Gasteiger partial charge < -0.3 is 24.5 Å². The van der Waals surface area contributed by atoms with Crippen LogP contribution >= 0.6 is 23.6 Å². The zero-order chi connectivity index (χ0) is 23.7. The Hall–Kier alpha value is -3.10. The summed E-state index contributed by atoms with van der Waals surface area (Å²) in [7, 11) is 1.63. The molecule has 2 aromatic carbocycles. The van der Waals surface area contributed by atoms with Crippen LogP contribution in [0.3, 0.4) is 0 Å². The van der Waals surface area contributed by atoms with E-state index in [1.807, 2.05) is 43.3 Å². The van der Waals surface area contributed by atoms with Gasteiger partial charge in [-0.3, -0.25) is 0 Å². The number of carbonyl (C=O) groups is 1. The van der Waals surface area contributed by atoms with Crippen LogP contribution in [0.2, 0.25) is 0 Å². The molecule has 1 aliphatic rings. The fourth-order valence-corrected chi connectivity index (χ4v) is 6.08. The molecule has 0 saturated heterocycles. The first-order chi connectivity index (χ1) is 16.6. The quantitative estimate of drug-likeness (QED) is 0.177. The molecule has 2 heterocycles. The number of esters is 1. The zero-order valence-corrected chi connectivity index (χ0v) is 20.8. The number of aryl methyl sites for hydroxylation is 1. The van der Waals surface area contributed by atoms with Crippen molar-refractivity contribution in [1.82, 2.24) is 0 Å². The number of ether oxygens (including phenoxy) is 2. The molecule has 0 saturated carbocycles. The predicted octanol–water partition coefficient (Wildman–Crippen LogP) is 6.91. The maximum absolute atomic E-state index is 12.8. The van der Waals surface area contributed by atoms with Gasteiger partial charge >= 0.3 is 5.97 Å². The summed E-state index contributed by atoms with van der Waals surface area (Å²) >= 11 is 7.23. The van der Waals surface area contributed by atoms with E-state index in [1.54, 1.807) is 18.4 Å². The fraction of sp³-hybridized carbons (Fsp3) is 0.308. The Bertz CT molecular complexity index is 1390. The minimum absolute atomic E-state index is 0.298. The van der Waals surface area contributed by atoms with Gasteiger partial charge in [0.05, 0.1) is 25.0 Å². The Morgan fingerprint density at radius 1 is 1.09 bits per heavy atom. The Labute approximate surface area is 207 Å². The van der Waals surface area contributed by atoms with Gasteiger partial charge in [-0.15, -0.1) is 11.3 Å². The van der Waals surface area contributed by atoms with Crippen molar-refractivity contribution in [3.05, 3.63) is 52.4 Å². The van der Waals surface area contributed by atoms with Gasteiger partial charge in [0.1, 0.15) is 21.9 Å². The van der Waals surface area contributed by atoms with Gasteiger partial charge in [0.2, 0.25) is 0 Å². The number of thiocarbonyl (C=S) groups is 1. The molecule has 8 heteroatoms. The molecule has 34 heavy (non-hydrogen) atoms. The van der Waals surface area contributed by atoms with Crippen LogP contribution in [-0.2, 0) is 17.6 Å². The number of anilines is 2. The maximum atomic E-state index is 12.8. The first-order valence-corrected chi connectivity index (χ1v) is 12.7. The van der Waals surface area contributed by atoms with Crippen LogP contribution in [0, 0.1) is 0 Å². The van der Waals surface area contributed by atoms with E-state index in [-0.39, 0.29) is 5.97 Å². The minimum atomic E-state index is -0.298. The van der Waals surface area contributed by atoms with E-state index >= 15 is 0 Å². The van der Waals surface area contributed by atoms with Crippen molar-refractivity contribution >= 4 is 67.3 Å². The van der Waals surface area contributed by atoms with Crippen molar-refractivity contribution in [3.8, 4) is 5.75 Å². The number of thiophene rings is 1. The number of fused-ring (bicyclic) bond motifs is 4. The van der Waals surface area contributed by atoms with Gasteiger partial charge in [-0.2, -0.15) is 0 Å². The molecule has 0 spiro atoms. The average molecular weight is 495 g/mol. The van der Waals surface area contributed by atoms with E-state index in [9.17, 15) is 4.79 Å². The third-order valence-electron chi connectivity index (χ3n) is 6.07. The number of benzene rings is 2. The van der Waals surface area contributed by atoms with Crippen LogP contribution in [0.1, 0.15) is 47.0 Å². The summed E-state index contributed by atoms with van der Waals surface area (Å²) in [4.78, 5) is 14.1. The molecule has 0 bridgehead atoms. The highest BCUT2D eigenvalue weighted by Gasteiger charge is 2.26. The third kappa shape index (κ3) is 4.23. The number of nitrogens with one attached hydrogen (secondary N) is 2. The van der Waals surface area contributed by atoms with Gasteiger partial charge in [0, 0.05) is 21.7 Å². The highest BCUT2D eigenvalue weighted by Crippen LogP contribution is 2.39. The Balaban J connectivity index is 1.45. The van der Waals surface area contributed by atoms with Crippen molar-refractivity contribution in [3.63, 3.8) is 0 Å². The molecular formula is C26H26N2O4S2. The Morgan fingerprint density at radius 3 is 2.74 bits per heavy atom. The lowest BCUT2D eigenvalue weighted by Gasteiger charge is -2.14. The highest BCUT2D eigenvalue weighted by molar-refractivity contribution is 7.80. The van der Waals surface area contributed by atoms with Crippen molar-refractivity contribution in [2.75, 3.05) is 24.4 Å². The first kappa shape index (κ1) is 22.7. The van der Waals surface area contributed by atoms with Crippen LogP contribution in [-0.4, -0.2) is 24.8 Å². The second-order valence-corrected chi connectivity index (χ2v) is 9.73. The van der Waals surface area contributed by atoms with Crippen molar-refractivity contribution in [1.29, 1.82) is 0 Å². The Kier molecular flexibility index (Phi) is 6.43. The van der Waals surface area contributed by atoms with Gasteiger partial charge in [0.15, 0.2) is 5.11 Å². The summed E-state index contributed by atoms with van der Waals surface area (Å²) < 4.78 is 17.0. The standard InChI is InChI=1S/C26H26N2O4S2/c1-3-31-25(29)23-16-10-5-4-6-12-22(16)34-24(23)28-26(33)27-18-14-20-17(13-21(18)30-2)15-9-7-8-11-19(15)32-20/h7-9,11,13-14H,3-6,10,12H2,1-2H3,(H2,27,28,33). The summed E-state index contributed by atoms with van der Waals surface area (Å²) in [5, 5.41) is 9.59. The SMILES string of the molecule is CCOC(=O)c1c(NC(=S)Nc2cc3oc4ccccc4c3cc2OC)sc2c1CCCCC2. The van der Waals surface area contributed by atoms with E-state index in [0.717, 1.165) is 58.2 Å². The number of carbonyl (C=O) groups excluding carboxylic acids is 1. The molecule has 6 nitrogen and oxygen atoms in total. The Morgan fingerprint density at radius 2 is 1.91 bits per heavy atom. The molecule has 176 valence electrons. The van der Waals surface area contributed by atoms with Crippen molar-refractivity contribution in [2.45, 2.75) is 39.0 Å². The van der Waals surface area contributed by atoms with Crippen LogP contribution in [0.15, 0.2) is 40.8 Å². The largest absolute Gasteiger partial charge is 0.495 e. The summed E-state index contributed by atoms with van der Waals surface area (Å²) in [6.07, 6.45) is 5.25. The van der Waals surface area contributed by atoms with E-state index in [1.165, 1.54) is 11.3 Å². The minimum Gasteiger partial charge on any atom is -0.495 e. The van der Waals surface area contributed by atoms with Gasteiger partial charge in [-0.05, 0) is 62.5 Å². The molecule has 2 N–H and O–H groups in total. The number of hydrogen-bond acceptors (Lipinski definition) is 6. The van der Waals surface area contributed by atoms with E-state index < -0.39 is 0 Å². The van der Waals surface area contributed by atoms with Gasteiger partial charge in [-0.25, -0.2) is 4.79 Å². The lowest BCUT2D eigenvalue weighted by Crippen LogP contribution is -2.21. The number of furan rings is 1. The molecule has 0 radical (unpaired) electrons. The summed E-state index contributed by atoms with van der Waals surface area (Å²) in [6, 6.07) is 11.7. The number of rotatable bonds is 5. The maximum Gasteiger partial charge on any atom is 0.341 e. The van der Waals surface area contributed by atoms with Crippen molar-refractivity contribution in [2.24, 2.45) is 0 Å². The molecule has 0 atom stereocenters. The number of methoxy groups -OCH3 is 1. The summed E-state index contributed by atoms with van der Waals surface area (Å²) in [5.41, 5.74) is 3.96. The van der Waals surface area contributed by atoms with Gasteiger partial charge in [-0.1, -0.05) is 24.6 Å². The lowest BCUT2D eigenvalue weighted by molar-refractivity contribution is 0.0527. The third-order valence-corrected chi connectivity index (χ3v) is 7.49. The van der Waals surface area contributed by atoms with Crippen LogP contribution in [0.4, 0.5) is 10.7 Å². The van der Waals surface area contributed by atoms with Crippen LogP contribution in [0.25, 0.3) is 21.9 Å². The normalized spacial score (nSPS) is 13.4. The van der Waals surface area contributed by atoms with Crippen LogP contribution in [0.5, 0.6) is 5.75 Å². The van der Waals surface area contributed by atoms with E-state index in [0.29, 0.717) is 28.7 Å². The van der Waals surface area contributed by atoms with E-state index in [4.69, 9.17) is 26.1 Å². The topological polar surface area (TPSA) is 72.7 Å². The molecule has 0 aliphatic heterocycles. The second-order valence-electron chi connectivity index (χ2n) is 8.22. The molecule has 4 aromatic rings. The first-order valence-electron chi connectivity index (χ1n) is 11.5. The lowest BCUT2D eigenvalue weighted by atomic mass is 10.1. The van der Waals surface area contributed by atoms with Crippen LogP contribution < -0.4 is 15.4 Å². The molecule has 0 amide bonds. The molecule has 5 rings (SSSR count). The predicted molar refractivity (Wildman–Crippen MR) is 142 cm³/mol. The zero-order valence-electron chi connectivity index (χ0n) is 19.2. The molecule has 0 fully saturated rings. The van der Waals surface area contributed by atoms with Gasteiger partial charge in [0.25, 0.3) is 0 Å². The monoisotopic (exact) mass is 494 g/mol. The smallest absolute Gasteiger partial charge is 0.341 e. The molecule has 0 unspecified atom stereocenters. The number of para-hydroxylation sites is 1. The molecular weight excluding hydrogens is 468 g/mol. The number of hydrogen-bond donors (Lipinski definition) is 2. The molecule has 1 aliphatic carbocycles. The molecule has 2 aromatic heterocycles. The average Bonchev–Trinajstić information content (AvgIpc) is 3.26. The van der Waals surface area contributed by atoms with Crippen molar-refractivity contribution < 1.29 is 18.7 Å². The fourth-order valence-electron chi connectivity index (χ4n) is 4.52. The summed E-state index contributed by atoms with van der Waals surface area (Å²) in [6.45, 7) is 2.16. The highest BCUT2D eigenvalue weighted by atomic mass is 32.1.